The number of hydrogen-bond acceptors (Lipinski definition) is 5. The van der Waals surface area contributed by atoms with Crippen LogP contribution in [-0.4, -0.2) is 28.8 Å². The van der Waals surface area contributed by atoms with Crippen molar-refractivity contribution in [3.8, 4) is 5.75 Å². The quantitative estimate of drug-likeness (QED) is 0.201. The Morgan fingerprint density at radius 3 is 2.32 bits per heavy atom. The van der Waals surface area contributed by atoms with E-state index in [2.05, 4.69) is 10.4 Å². The van der Waals surface area contributed by atoms with Crippen LogP contribution in [0.3, 0.4) is 0 Å². The van der Waals surface area contributed by atoms with Crippen molar-refractivity contribution in [1.29, 1.82) is 0 Å². The second-order valence-electron chi connectivity index (χ2n) is 7.81. The molecule has 0 fully saturated rings. The van der Waals surface area contributed by atoms with Crippen LogP contribution in [-0.2, 0) is 17.9 Å². The molecule has 190 valence electrons. The van der Waals surface area contributed by atoms with E-state index in [0.717, 1.165) is 0 Å². The molecule has 1 amide bonds. The molecule has 37 heavy (non-hydrogen) atoms. The Morgan fingerprint density at radius 2 is 1.65 bits per heavy atom. The highest BCUT2D eigenvalue weighted by atomic mass is 19.2. The predicted octanol–water partition coefficient (Wildman–Crippen LogP) is 5.11. The lowest BCUT2D eigenvalue weighted by Gasteiger charge is -2.10. The monoisotopic (exact) mass is 513 g/mol. The first-order valence-corrected chi connectivity index (χ1v) is 10.8. The van der Waals surface area contributed by atoms with Crippen LogP contribution >= 0.6 is 0 Å². The van der Waals surface area contributed by atoms with Gasteiger partial charge in [0.2, 0.25) is 11.6 Å². The van der Waals surface area contributed by atoms with Gasteiger partial charge in [-0.25, -0.2) is 13.6 Å². The summed E-state index contributed by atoms with van der Waals surface area (Å²) in [5.74, 6) is -8.50. The van der Waals surface area contributed by atoms with Gasteiger partial charge in [0.05, 0.1) is 31.1 Å². The highest BCUT2D eigenvalue weighted by molar-refractivity contribution is 6.04. The number of halogens is 4. The van der Waals surface area contributed by atoms with Crippen molar-refractivity contribution in [1.82, 2.24) is 9.78 Å². The van der Waals surface area contributed by atoms with Crippen molar-refractivity contribution < 1.29 is 36.6 Å². The predicted molar refractivity (Wildman–Crippen MR) is 124 cm³/mol. The molecule has 0 spiro atoms. The molecule has 1 aromatic heterocycles. The summed E-state index contributed by atoms with van der Waals surface area (Å²) in [7, 11) is 1.30. The van der Waals surface area contributed by atoms with Crippen molar-refractivity contribution in [2.75, 3.05) is 12.4 Å². The van der Waals surface area contributed by atoms with Gasteiger partial charge in [-0.3, -0.25) is 9.48 Å². The van der Waals surface area contributed by atoms with Gasteiger partial charge in [0.15, 0.2) is 17.4 Å². The van der Waals surface area contributed by atoms with Gasteiger partial charge < -0.3 is 14.8 Å². The van der Waals surface area contributed by atoms with Gasteiger partial charge >= 0.3 is 5.97 Å². The maximum atomic E-state index is 13.7. The van der Waals surface area contributed by atoms with Crippen LogP contribution in [0.1, 0.15) is 31.8 Å². The smallest absolute Gasteiger partial charge is 0.338 e. The molecular weight excluding hydrogens is 494 g/mol. The number of benzene rings is 3. The van der Waals surface area contributed by atoms with Crippen LogP contribution in [0.15, 0.2) is 67.0 Å². The molecule has 0 bridgehead atoms. The molecule has 0 aliphatic carbocycles. The normalized spacial score (nSPS) is 10.7. The number of nitrogens with zero attached hydrogens (tertiary/aromatic N) is 2. The van der Waals surface area contributed by atoms with Crippen molar-refractivity contribution in [2.45, 2.75) is 13.2 Å². The van der Waals surface area contributed by atoms with Gasteiger partial charge in [0, 0.05) is 17.8 Å². The molecule has 1 N–H and O–H groups in total. The van der Waals surface area contributed by atoms with Gasteiger partial charge in [-0.2, -0.15) is 13.9 Å². The third-order valence-corrected chi connectivity index (χ3v) is 5.32. The van der Waals surface area contributed by atoms with E-state index in [4.69, 9.17) is 9.47 Å². The van der Waals surface area contributed by atoms with Crippen molar-refractivity contribution in [2.24, 2.45) is 0 Å². The SMILES string of the molecule is COC(=O)c1ccccc1Cn1cc(NC(=O)c2ccc(COc3c(F)c(F)cc(F)c3F)cc2)cn1. The fourth-order valence-corrected chi connectivity index (χ4v) is 3.45. The van der Waals surface area contributed by atoms with Gasteiger partial charge in [-0.05, 0) is 29.3 Å². The maximum Gasteiger partial charge on any atom is 0.338 e. The van der Waals surface area contributed by atoms with Crippen LogP contribution in [0.25, 0.3) is 0 Å². The number of rotatable bonds is 8. The van der Waals surface area contributed by atoms with Gasteiger partial charge in [-0.1, -0.05) is 30.3 Å². The summed E-state index contributed by atoms with van der Waals surface area (Å²) >= 11 is 0. The van der Waals surface area contributed by atoms with Crippen LogP contribution in [0.2, 0.25) is 0 Å². The number of carbonyl (C=O) groups is 2. The number of carbonyl (C=O) groups excluding carboxylic acids is 2. The van der Waals surface area contributed by atoms with E-state index in [1.807, 2.05) is 0 Å². The molecule has 1 heterocycles. The van der Waals surface area contributed by atoms with Gasteiger partial charge in [-0.15, -0.1) is 0 Å². The fraction of sp³-hybridized carbons (Fsp3) is 0.115. The Bertz CT molecular complexity index is 1430. The number of nitrogens with one attached hydrogen (secondary N) is 1. The van der Waals surface area contributed by atoms with E-state index < -0.39 is 47.5 Å². The number of methoxy groups -OCH3 is 1. The summed E-state index contributed by atoms with van der Waals surface area (Å²) in [6.45, 7) is -0.120. The minimum atomic E-state index is -1.63. The molecule has 4 rings (SSSR count). The summed E-state index contributed by atoms with van der Waals surface area (Å²) in [6.07, 6.45) is 3.04. The zero-order valence-electron chi connectivity index (χ0n) is 19.3. The van der Waals surface area contributed by atoms with E-state index in [1.54, 1.807) is 35.1 Å². The largest absolute Gasteiger partial charge is 0.483 e. The maximum absolute atomic E-state index is 13.7. The lowest BCUT2D eigenvalue weighted by atomic mass is 10.1. The van der Waals surface area contributed by atoms with E-state index in [1.165, 1.54) is 37.6 Å². The average molecular weight is 513 g/mol. The molecular formula is C26H19F4N3O4. The van der Waals surface area contributed by atoms with Crippen molar-refractivity contribution in [3.05, 3.63) is 113 Å². The molecule has 0 aliphatic rings. The number of ether oxygens (including phenoxy) is 2. The van der Waals surface area contributed by atoms with E-state index in [0.29, 0.717) is 22.4 Å². The molecule has 0 aliphatic heterocycles. The van der Waals surface area contributed by atoms with Crippen molar-refractivity contribution >= 4 is 17.6 Å². The molecule has 0 atom stereocenters. The molecule has 7 nitrogen and oxygen atoms in total. The number of hydrogen-bond donors (Lipinski definition) is 1. The van der Waals surface area contributed by atoms with Crippen LogP contribution in [0.5, 0.6) is 5.75 Å². The number of esters is 1. The standard InChI is InChI=1S/C26H19F4N3O4/c1-36-26(35)19-5-3-2-4-17(19)12-33-13-18(11-31-33)32-25(34)16-8-6-15(7-9-16)14-37-24-22(29)20(27)10-21(28)23(24)30/h2-11,13H,12,14H2,1H3,(H,32,34). The van der Waals surface area contributed by atoms with E-state index in [9.17, 15) is 27.2 Å². The summed E-state index contributed by atoms with van der Waals surface area (Å²) in [5.41, 5.74) is 2.17. The fourth-order valence-electron chi connectivity index (χ4n) is 3.45. The zero-order valence-corrected chi connectivity index (χ0v) is 19.3. The average Bonchev–Trinajstić information content (AvgIpc) is 3.34. The van der Waals surface area contributed by atoms with Crippen LogP contribution < -0.4 is 10.1 Å². The van der Waals surface area contributed by atoms with Crippen molar-refractivity contribution in [3.63, 3.8) is 0 Å². The van der Waals surface area contributed by atoms with Crippen LogP contribution in [0.4, 0.5) is 23.2 Å². The highest BCUT2D eigenvalue weighted by Gasteiger charge is 2.20. The lowest BCUT2D eigenvalue weighted by molar-refractivity contribution is 0.0599. The third-order valence-electron chi connectivity index (χ3n) is 5.32. The summed E-state index contributed by atoms with van der Waals surface area (Å²) in [4.78, 5) is 24.5. The third kappa shape index (κ3) is 5.77. The van der Waals surface area contributed by atoms with Crippen LogP contribution in [0, 0.1) is 23.3 Å². The number of amides is 1. The highest BCUT2D eigenvalue weighted by Crippen LogP contribution is 2.27. The molecule has 4 aromatic rings. The molecule has 0 radical (unpaired) electrons. The van der Waals surface area contributed by atoms with E-state index >= 15 is 0 Å². The Hall–Kier alpha value is -4.67. The van der Waals surface area contributed by atoms with E-state index in [-0.39, 0.29) is 18.2 Å². The Morgan fingerprint density at radius 1 is 0.973 bits per heavy atom. The van der Waals surface area contributed by atoms with Gasteiger partial charge in [0.1, 0.15) is 6.61 Å². The Kier molecular flexibility index (Phi) is 7.52. The molecule has 3 aromatic carbocycles. The zero-order chi connectivity index (χ0) is 26.5. The number of aromatic nitrogens is 2. The summed E-state index contributed by atoms with van der Waals surface area (Å²) in [5, 5.41) is 6.89. The molecule has 11 heteroatoms. The van der Waals surface area contributed by atoms with Gasteiger partial charge in [0.25, 0.3) is 5.91 Å². The first-order chi connectivity index (χ1) is 17.8. The minimum absolute atomic E-state index is 0.0932. The Balaban J connectivity index is 1.38. The number of anilines is 1. The second-order valence-corrected chi connectivity index (χ2v) is 7.81. The lowest BCUT2D eigenvalue weighted by Crippen LogP contribution is -2.12. The first kappa shape index (κ1) is 25.4. The first-order valence-electron chi connectivity index (χ1n) is 10.8. The second kappa shape index (κ2) is 10.9. The molecule has 0 saturated carbocycles. The summed E-state index contributed by atoms with van der Waals surface area (Å²) < 4.78 is 65.3. The molecule has 0 saturated heterocycles. The minimum Gasteiger partial charge on any atom is -0.483 e. The molecule has 0 unspecified atom stereocenters. The Labute approximate surface area is 208 Å². The topological polar surface area (TPSA) is 82.5 Å². The summed E-state index contributed by atoms with van der Waals surface area (Å²) in [6, 6.07) is 12.8.